The molecule has 2 rings (SSSR count). The highest BCUT2D eigenvalue weighted by molar-refractivity contribution is 5.31. The predicted molar refractivity (Wildman–Crippen MR) is 88.9 cm³/mol. The maximum Gasteiger partial charge on any atom is 0.0854 e. The molecule has 1 atom stereocenters. The van der Waals surface area contributed by atoms with Crippen molar-refractivity contribution in [1.82, 2.24) is 5.06 Å². The molecule has 0 aliphatic heterocycles. The van der Waals surface area contributed by atoms with Crippen LogP contribution < -0.4 is 0 Å². The largest absolute Gasteiger partial charge is 0.383 e. The molecular formula is C19H25NO2. The van der Waals surface area contributed by atoms with Gasteiger partial charge in [-0.25, -0.2) is 0 Å². The van der Waals surface area contributed by atoms with E-state index in [0.717, 1.165) is 11.1 Å². The van der Waals surface area contributed by atoms with Crippen molar-refractivity contribution >= 4 is 0 Å². The van der Waals surface area contributed by atoms with Crippen LogP contribution in [0.15, 0.2) is 60.7 Å². The fourth-order valence-electron chi connectivity index (χ4n) is 2.71. The first-order valence-corrected chi connectivity index (χ1v) is 7.71. The summed E-state index contributed by atoms with van der Waals surface area (Å²) < 4.78 is 5.31. The SMILES string of the molecule is COC[C@H](C(C)C)N(O)C(c1ccccc1)c1ccccc1. The van der Waals surface area contributed by atoms with Crippen molar-refractivity contribution in [3.8, 4) is 0 Å². The molecular weight excluding hydrogens is 274 g/mol. The Hall–Kier alpha value is -1.68. The third kappa shape index (κ3) is 3.95. The zero-order chi connectivity index (χ0) is 15.9. The second kappa shape index (κ2) is 8.08. The topological polar surface area (TPSA) is 32.7 Å². The molecule has 0 bridgehead atoms. The average Bonchev–Trinajstić information content (AvgIpc) is 2.54. The maximum absolute atomic E-state index is 10.9. The molecule has 0 unspecified atom stereocenters. The van der Waals surface area contributed by atoms with Gasteiger partial charge in [0, 0.05) is 7.11 Å². The Morgan fingerprint density at radius 1 is 0.909 bits per heavy atom. The normalized spacial score (nSPS) is 13.0. The Morgan fingerprint density at radius 3 is 1.73 bits per heavy atom. The summed E-state index contributed by atoms with van der Waals surface area (Å²) in [5.74, 6) is 0.278. The number of hydroxylamine groups is 2. The molecule has 0 aromatic heterocycles. The number of nitrogens with zero attached hydrogens (tertiary/aromatic N) is 1. The summed E-state index contributed by atoms with van der Waals surface area (Å²) in [7, 11) is 1.67. The van der Waals surface area contributed by atoms with E-state index in [9.17, 15) is 5.21 Å². The molecule has 0 heterocycles. The third-order valence-electron chi connectivity index (χ3n) is 3.94. The second-order valence-electron chi connectivity index (χ2n) is 5.87. The van der Waals surface area contributed by atoms with E-state index >= 15 is 0 Å². The minimum atomic E-state index is -0.204. The molecule has 3 heteroatoms. The number of hydrogen-bond acceptors (Lipinski definition) is 3. The number of ether oxygens (including phenoxy) is 1. The lowest BCUT2D eigenvalue weighted by Gasteiger charge is -2.35. The summed E-state index contributed by atoms with van der Waals surface area (Å²) >= 11 is 0. The van der Waals surface area contributed by atoms with E-state index in [4.69, 9.17) is 4.74 Å². The quantitative estimate of drug-likeness (QED) is 0.780. The van der Waals surface area contributed by atoms with Crippen molar-refractivity contribution in [2.45, 2.75) is 25.9 Å². The van der Waals surface area contributed by atoms with E-state index in [0.29, 0.717) is 6.61 Å². The Morgan fingerprint density at radius 2 is 1.36 bits per heavy atom. The van der Waals surface area contributed by atoms with Gasteiger partial charge in [0.1, 0.15) is 0 Å². The molecule has 0 saturated heterocycles. The van der Waals surface area contributed by atoms with E-state index in [1.165, 1.54) is 5.06 Å². The molecule has 2 aromatic rings. The molecule has 0 fully saturated rings. The van der Waals surface area contributed by atoms with E-state index < -0.39 is 0 Å². The molecule has 1 N–H and O–H groups in total. The zero-order valence-electron chi connectivity index (χ0n) is 13.5. The molecule has 118 valence electrons. The lowest BCUT2D eigenvalue weighted by molar-refractivity contribution is -0.174. The van der Waals surface area contributed by atoms with Crippen LogP contribution in [0.2, 0.25) is 0 Å². The van der Waals surface area contributed by atoms with E-state index in [-0.39, 0.29) is 18.0 Å². The molecule has 3 nitrogen and oxygen atoms in total. The highest BCUT2D eigenvalue weighted by atomic mass is 16.5. The Bertz CT molecular complexity index is 502. The van der Waals surface area contributed by atoms with Crippen molar-refractivity contribution in [2.24, 2.45) is 5.92 Å². The van der Waals surface area contributed by atoms with Crippen LogP contribution in [-0.4, -0.2) is 30.0 Å². The van der Waals surface area contributed by atoms with Crippen LogP contribution in [0.4, 0.5) is 0 Å². The fourth-order valence-corrected chi connectivity index (χ4v) is 2.71. The Balaban J connectivity index is 2.40. The molecule has 2 aromatic carbocycles. The first-order chi connectivity index (χ1) is 10.6. The number of benzene rings is 2. The Labute approximate surface area is 133 Å². The van der Waals surface area contributed by atoms with Gasteiger partial charge in [0.15, 0.2) is 0 Å². The van der Waals surface area contributed by atoms with Gasteiger partial charge in [-0.1, -0.05) is 74.5 Å². The number of rotatable bonds is 7. The molecule has 0 aliphatic rings. The van der Waals surface area contributed by atoms with Gasteiger partial charge in [0.25, 0.3) is 0 Å². The van der Waals surface area contributed by atoms with Crippen LogP contribution in [-0.2, 0) is 4.74 Å². The van der Waals surface area contributed by atoms with Gasteiger partial charge in [-0.2, -0.15) is 5.06 Å². The summed E-state index contributed by atoms with van der Waals surface area (Å²) in [6.07, 6.45) is 0. The van der Waals surface area contributed by atoms with Crippen molar-refractivity contribution < 1.29 is 9.94 Å². The van der Waals surface area contributed by atoms with Crippen LogP contribution in [0.1, 0.15) is 31.0 Å². The Kier molecular flexibility index (Phi) is 6.13. The zero-order valence-corrected chi connectivity index (χ0v) is 13.5. The smallest absolute Gasteiger partial charge is 0.0854 e. The molecule has 0 radical (unpaired) electrons. The summed E-state index contributed by atoms with van der Waals surface area (Å²) in [4.78, 5) is 0. The minimum absolute atomic E-state index is 0.0737. The van der Waals surface area contributed by atoms with E-state index in [1.54, 1.807) is 7.11 Å². The van der Waals surface area contributed by atoms with Crippen molar-refractivity contribution in [3.05, 3.63) is 71.8 Å². The molecule has 22 heavy (non-hydrogen) atoms. The predicted octanol–water partition coefficient (Wildman–Crippen LogP) is 4.14. The van der Waals surface area contributed by atoms with Crippen molar-refractivity contribution in [2.75, 3.05) is 13.7 Å². The van der Waals surface area contributed by atoms with Crippen LogP contribution in [0.25, 0.3) is 0 Å². The van der Waals surface area contributed by atoms with Gasteiger partial charge in [-0.3, -0.25) is 0 Å². The molecule has 0 saturated carbocycles. The first kappa shape index (κ1) is 16.7. The lowest BCUT2D eigenvalue weighted by Crippen LogP contribution is -2.42. The van der Waals surface area contributed by atoms with Crippen LogP contribution in [0.3, 0.4) is 0 Å². The molecule has 0 spiro atoms. The van der Waals surface area contributed by atoms with Crippen LogP contribution in [0.5, 0.6) is 0 Å². The second-order valence-corrected chi connectivity index (χ2v) is 5.87. The average molecular weight is 299 g/mol. The van der Waals surface area contributed by atoms with Crippen LogP contribution >= 0.6 is 0 Å². The van der Waals surface area contributed by atoms with E-state index in [2.05, 4.69) is 13.8 Å². The van der Waals surface area contributed by atoms with Crippen LogP contribution in [0, 0.1) is 5.92 Å². The highest BCUT2D eigenvalue weighted by Gasteiger charge is 2.29. The van der Waals surface area contributed by atoms with E-state index in [1.807, 2.05) is 60.7 Å². The van der Waals surface area contributed by atoms with Gasteiger partial charge >= 0.3 is 0 Å². The number of methoxy groups -OCH3 is 1. The number of hydrogen-bond donors (Lipinski definition) is 1. The van der Waals surface area contributed by atoms with Gasteiger partial charge in [0.2, 0.25) is 0 Å². The van der Waals surface area contributed by atoms with Gasteiger partial charge < -0.3 is 9.94 Å². The lowest BCUT2D eigenvalue weighted by atomic mass is 9.95. The van der Waals surface area contributed by atoms with Gasteiger partial charge in [-0.15, -0.1) is 0 Å². The standard InChI is InChI=1S/C19H25NO2/c1-15(2)18(14-22-3)20(21)19(16-10-6-4-7-11-16)17-12-8-5-9-13-17/h4-13,15,18-19,21H,14H2,1-3H3/t18-/m1/s1. The summed E-state index contributed by atoms with van der Waals surface area (Å²) in [5.41, 5.74) is 2.14. The summed E-state index contributed by atoms with van der Waals surface area (Å²) in [6.45, 7) is 4.68. The molecule has 0 aliphatic carbocycles. The molecule has 0 amide bonds. The monoisotopic (exact) mass is 299 g/mol. The van der Waals surface area contributed by atoms with Crippen molar-refractivity contribution in [1.29, 1.82) is 0 Å². The minimum Gasteiger partial charge on any atom is -0.383 e. The third-order valence-corrected chi connectivity index (χ3v) is 3.94. The van der Waals surface area contributed by atoms with Gasteiger partial charge in [0.05, 0.1) is 18.7 Å². The summed E-state index contributed by atoms with van der Waals surface area (Å²) in [6, 6.07) is 19.9. The summed E-state index contributed by atoms with van der Waals surface area (Å²) in [5, 5.41) is 12.4. The van der Waals surface area contributed by atoms with Gasteiger partial charge in [-0.05, 0) is 17.0 Å². The fraction of sp³-hybridized carbons (Fsp3) is 0.368. The van der Waals surface area contributed by atoms with Crippen molar-refractivity contribution in [3.63, 3.8) is 0 Å². The maximum atomic E-state index is 10.9. The first-order valence-electron chi connectivity index (χ1n) is 7.71. The highest BCUT2D eigenvalue weighted by Crippen LogP contribution is 2.30.